The van der Waals surface area contributed by atoms with E-state index in [1.54, 1.807) is 22.5 Å². The Labute approximate surface area is 175 Å². The van der Waals surface area contributed by atoms with E-state index in [1.807, 2.05) is 43.3 Å². The fourth-order valence-corrected chi connectivity index (χ4v) is 5.02. The van der Waals surface area contributed by atoms with Gasteiger partial charge >= 0.3 is 0 Å². The van der Waals surface area contributed by atoms with Crippen molar-refractivity contribution in [1.29, 1.82) is 0 Å². The van der Waals surface area contributed by atoms with Crippen molar-refractivity contribution in [3.05, 3.63) is 70.1 Å². The van der Waals surface area contributed by atoms with Gasteiger partial charge in [-0.3, -0.25) is 14.4 Å². The van der Waals surface area contributed by atoms with E-state index in [9.17, 15) is 19.5 Å². The molecule has 158 valence electrons. The summed E-state index contributed by atoms with van der Waals surface area (Å²) >= 11 is 0. The summed E-state index contributed by atoms with van der Waals surface area (Å²) in [6, 6.07) is 13.3. The van der Waals surface area contributed by atoms with Gasteiger partial charge < -0.3 is 19.9 Å². The van der Waals surface area contributed by atoms with Gasteiger partial charge in [-0.05, 0) is 18.6 Å². The molecule has 5 atom stereocenters. The summed E-state index contributed by atoms with van der Waals surface area (Å²) in [4.78, 5) is 40.2. The summed E-state index contributed by atoms with van der Waals surface area (Å²) in [6.45, 7) is 3.83. The number of amides is 2. The number of carbonyl (C=O) groups excluding carboxylic acids is 2. The summed E-state index contributed by atoms with van der Waals surface area (Å²) in [5.41, 5.74) is 1.58. The van der Waals surface area contributed by atoms with Crippen molar-refractivity contribution in [1.82, 2.24) is 14.8 Å². The van der Waals surface area contributed by atoms with Crippen LogP contribution < -0.4 is 10.9 Å². The van der Waals surface area contributed by atoms with Gasteiger partial charge in [-0.15, -0.1) is 0 Å². The lowest BCUT2D eigenvalue weighted by molar-refractivity contribution is -0.141. The van der Waals surface area contributed by atoms with Gasteiger partial charge in [0, 0.05) is 43.2 Å². The zero-order valence-corrected chi connectivity index (χ0v) is 17.2. The van der Waals surface area contributed by atoms with E-state index in [0.717, 1.165) is 11.3 Å². The maximum Gasteiger partial charge on any atom is 0.250 e. The fourth-order valence-electron chi connectivity index (χ4n) is 5.02. The molecule has 0 unspecified atom stereocenters. The Balaban J connectivity index is 1.69. The lowest BCUT2D eigenvalue weighted by Crippen LogP contribution is -2.50. The normalized spacial score (nSPS) is 25.5. The molecule has 1 aromatic heterocycles. The minimum absolute atomic E-state index is 0.124. The third-order valence-electron chi connectivity index (χ3n) is 6.47. The molecule has 3 heterocycles. The predicted octanol–water partition coefficient (Wildman–Crippen LogP) is 1.63. The molecule has 30 heavy (non-hydrogen) atoms. The summed E-state index contributed by atoms with van der Waals surface area (Å²) in [5, 5.41) is 13.2. The Morgan fingerprint density at radius 1 is 1.17 bits per heavy atom. The van der Waals surface area contributed by atoms with Crippen LogP contribution in [0.1, 0.15) is 43.6 Å². The minimum Gasteiger partial charge on any atom is -0.396 e. The average molecular weight is 409 g/mol. The highest BCUT2D eigenvalue weighted by Crippen LogP contribution is 2.49. The summed E-state index contributed by atoms with van der Waals surface area (Å²) in [7, 11) is 0. The zero-order chi connectivity index (χ0) is 21.4. The van der Waals surface area contributed by atoms with E-state index >= 15 is 0 Å². The number of hydrogen-bond acceptors (Lipinski definition) is 4. The fraction of sp³-hybridized carbons (Fsp3) is 0.435. The van der Waals surface area contributed by atoms with Crippen LogP contribution in [0.15, 0.2) is 53.3 Å². The topological polar surface area (TPSA) is 91.6 Å². The minimum atomic E-state index is -0.771. The van der Waals surface area contributed by atoms with Gasteiger partial charge in [0.1, 0.15) is 6.04 Å². The van der Waals surface area contributed by atoms with Gasteiger partial charge in [-0.1, -0.05) is 43.3 Å². The first-order valence-corrected chi connectivity index (χ1v) is 10.4. The number of nitrogens with zero attached hydrogens (tertiary/aromatic N) is 2. The van der Waals surface area contributed by atoms with Crippen LogP contribution >= 0.6 is 0 Å². The number of nitrogens with one attached hydrogen (secondary N) is 1. The van der Waals surface area contributed by atoms with E-state index in [0.29, 0.717) is 6.54 Å². The molecule has 0 spiro atoms. The molecular weight excluding hydrogens is 382 g/mol. The quantitative estimate of drug-likeness (QED) is 0.785. The molecule has 1 aromatic carbocycles. The molecule has 1 fully saturated rings. The highest BCUT2D eigenvalue weighted by atomic mass is 16.3. The number of likely N-dealkylation sites (tertiary alicyclic amines) is 1. The molecular formula is C23H27N3O4. The van der Waals surface area contributed by atoms with E-state index in [-0.39, 0.29) is 48.4 Å². The van der Waals surface area contributed by atoms with Crippen LogP contribution in [0.3, 0.4) is 0 Å². The maximum atomic E-state index is 13.4. The highest BCUT2D eigenvalue weighted by Gasteiger charge is 2.56. The Morgan fingerprint density at radius 3 is 2.57 bits per heavy atom. The Morgan fingerprint density at radius 2 is 1.90 bits per heavy atom. The molecule has 7 nitrogen and oxygen atoms in total. The van der Waals surface area contributed by atoms with Gasteiger partial charge in [0.2, 0.25) is 11.8 Å². The molecule has 0 saturated carbocycles. The van der Waals surface area contributed by atoms with Crippen molar-refractivity contribution in [2.24, 2.45) is 11.8 Å². The summed E-state index contributed by atoms with van der Waals surface area (Å²) in [6.07, 6.45) is 0.246. The van der Waals surface area contributed by atoms with Crippen LogP contribution in [0.25, 0.3) is 0 Å². The third-order valence-corrected chi connectivity index (χ3v) is 6.47. The molecule has 0 bridgehead atoms. The highest BCUT2D eigenvalue weighted by molar-refractivity contribution is 5.89. The summed E-state index contributed by atoms with van der Waals surface area (Å²) < 4.78 is 1.66. The molecule has 2 aliphatic heterocycles. The molecule has 0 radical (unpaired) electrons. The number of hydrogen-bond donors (Lipinski definition) is 2. The smallest absolute Gasteiger partial charge is 0.250 e. The second kappa shape index (κ2) is 8.07. The van der Waals surface area contributed by atoms with Gasteiger partial charge in [0.15, 0.2) is 0 Å². The van der Waals surface area contributed by atoms with Crippen molar-refractivity contribution < 1.29 is 14.7 Å². The van der Waals surface area contributed by atoms with Crippen molar-refractivity contribution in [2.75, 3.05) is 6.61 Å². The molecule has 2 amide bonds. The first-order valence-electron chi connectivity index (χ1n) is 10.4. The second-order valence-corrected chi connectivity index (χ2v) is 8.09. The van der Waals surface area contributed by atoms with Crippen LogP contribution in [0.4, 0.5) is 0 Å². The van der Waals surface area contributed by atoms with Crippen LogP contribution in [0.5, 0.6) is 0 Å². The molecule has 1 saturated heterocycles. The van der Waals surface area contributed by atoms with E-state index in [2.05, 4.69) is 5.32 Å². The van der Waals surface area contributed by atoms with Crippen LogP contribution in [0.2, 0.25) is 0 Å². The predicted molar refractivity (Wildman–Crippen MR) is 111 cm³/mol. The molecule has 4 rings (SSSR count). The maximum absolute atomic E-state index is 13.4. The largest absolute Gasteiger partial charge is 0.396 e. The van der Waals surface area contributed by atoms with E-state index in [1.165, 1.54) is 6.07 Å². The van der Waals surface area contributed by atoms with Crippen molar-refractivity contribution in [3.63, 3.8) is 0 Å². The molecule has 2 N–H and O–H groups in total. The first-order chi connectivity index (χ1) is 14.5. The van der Waals surface area contributed by atoms with E-state index < -0.39 is 12.0 Å². The van der Waals surface area contributed by atoms with Gasteiger partial charge in [-0.25, -0.2) is 0 Å². The number of aromatic nitrogens is 1. The van der Waals surface area contributed by atoms with Gasteiger partial charge in [-0.2, -0.15) is 0 Å². The second-order valence-electron chi connectivity index (χ2n) is 8.09. The molecule has 7 heteroatoms. The Kier molecular flexibility index (Phi) is 5.47. The number of aliphatic hydroxyl groups excluding tert-OH is 1. The van der Waals surface area contributed by atoms with Crippen molar-refractivity contribution in [2.45, 2.75) is 44.9 Å². The van der Waals surface area contributed by atoms with Crippen LogP contribution in [-0.2, 0) is 16.1 Å². The SMILES string of the molecule is CCC(=O)N1[C@@H]2c3cccc(=O)n3C[C@@H]2[C@@H](CO)[C@@H]1C(=O)N[C@H](C)c1ccccc1. The van der Waals surface area contributed by atoms with Gasteiger partial charge in [0.25, 0.3) is 5.56 Å². The third kappa shape index (κ3) is 3.23. The number of benzene rings is 1. The summed E-state index contributed by atoms with van der Waals surface area (Å²) in [5.74, 6) is -1.04. The van der Waals surface area contributed by atoms with Crippen LogP contribution in [0, 0.1) is 11.8 Å². The Bertz CT molecular complexity index is 1000. The molecule has 2 aliphatic rings. The number of rotatable bonds is 5. The first kappa shape index (κ1) is 20.3. The lowest BCUT2D eigenvalue weighted by atomic mass is 9.88. The number of carbonyl (C=O) groups is 2. The zero-order valence-electron chi connectivity index (χ0n) is 17.2. The standard InChI is InChI=1S/C23H27N3O4/c1-3-19(28)26-21-16(12-25-18(21)10-7-11-20(25)29)17(13-27)22(26)23(30)24-14(2)15-8-5-4-6-9-15/h4-11,14,16-17,21-22,27H,3,12-13H2,1-2H3,(H,24,30)/t14-,16-,17-,21+,22-/m1/s1. The van der Waals surface area contributed by atoms with E-state index in [4.69, 9.17) is 0 Å². The molecule has 2 aromatic rings. The van der Waals surface area contributed by atoms with Crippen LogP contribution in [-0.4, -0.2) is 39.0 Å². The number of pyridine rings is 1. The van der Waals surface area contributed by atoms with Gasteiger partial charge in [0.05, 0.1) is 12.1 Å². The molecule has 0 aliphatic carbocycles. The average Bonchev–Trinajstić information content (AvgIpc) is 3.29. The number of fused-ring (bicyclic) bond motifs is 3. The monoisotopic (exact) mass is 409 g/mol. The Hall–Kier alpha value is -2.93. The lowest BCUT2D eigenvalue weighted by Gasteiger charge is -2.31. The van der Waals surface area contributed by atoms with Crippen molar-refractivity contribution >= 4 is 11.8 Å². The number of aliphatic hydroxyl groups is 1. The van der Waals surface area contributed by atoms with Crippen molar-refractivity contribution in [3.8, 4) is 0 Å².